The third kappa shape index (κ3) is 4.31. The molecule has 1 aliphatic rings. The number of carbonyl (C=O) groups is 1. The van der Waals surface area contributed by atoms with Crippen LogP contribution in [0, 0.1) is 6.92 Å². The molecule has 3 rings (SSSR count). The summed E-state index contributed by atoms with van der Waals surface area (Å²) in [7, 11) is 1.57. The van der Waals surface area contributed by atoms with Crippen LogP contribution in [0.3, 0.4) is 0 Å². The Morgan fingerprint density at radius 2 is 1.93 bits per heavy atom. The lowest BCUT2D eigenvalue weighted by Crippen LogP contribution is -2.41. The SMILES string of the molecule is COc1ccc([C@H](CC(=O)N2CCOCC2)c2oc(C)cc(=O)c2O)cc1. The lowest BCUT2D eigenvalue weighted by atomic mass is 9.91. The molecule has 1 atom stereocenters. The van der Waals surface area contributed by atoms with E-state index in [0.29, 0.717) is 37.8 Å². The average molecular weight is 373 g/mol. The summed E-state index contributed by atoms with van der Waals surface area (Å²) in [6.45, 7) is 3.70. The van der Waals surface area contributed by atoms with Gasteiger partial charge in [0.2, 0.25) is 17.1 Å². The fourth-order valence-electron chi connectivity index (χ4n) is 3.18. The molecule has 1 aliphatic heterocycles. The van der Waals surface area contributed by atoms with Crippen LogP contribution >= 0.6 is 0 Å². The van der Waals surface area contributed by atoms with Gasteiger partial charge in [-0.25, -0.2) is 0 Å². The molecule has 0 aliphatic carbocycles. The number of aryl methyl sites for hydroxylation is 1. The third-order valence-corrected chi connectivity index (χ3v) is 4.65. The van der Waals surface area contributed by atoms with E-state index < -0.39 is 17.1 Å². The highest BCUT2D eigenvalue weighted by molar-refractivity contribution is 5.78. The Balaban J connectivity index is 1.98. The zero-order valence-corrected chi connectivity index (χ0v) is 15.4. The van der Waals surface area contributed by atoms with Crippen molar-refractivity contribution in [2.24, 2.45) is 0 Å². The summed E-state index contributed by atoms with van der Waals surface area (Å²) >= 11 is 0. The van der Waals surface area contributed by atoms with Crippen LogP contribution < -0.4 is 10.2 Å². The molecule has 144 valence electrons. The van der Waals surface area contributed by atoms with Crippen LogP contribution in [0.2, 0.25) is 0 Å². The zero-order chi connectivity index (χ0) is 19.4. The highest BCUT2D eigenvalue weighted by atomic mass is 16.5. The molecule has 1 N–H and O–H groups in total. The molecule has 0 unspecified atom stereocenters. The average Bonchev–Trinajstić information content (AvgIpc) is 2.69. The molecular formula is C20H23NO6. The van der Waals surface area contributed by atoms with Gasteiger partial charge in [-0.1, -0.05) is 12.1 Å². The zero-order valence-electron chi connectivity index (χ0n) is 15.4. The number of morpholine rings is 1. The standard InChI is InChI=1S/C20H23NO6/c1-13-11-17(22)19(24)20(27-13)16(14-3-5-15(25-2)6-4-14)12-18(23)21-7-9-26-10-8-21/h3-6,11,16,24H,7-10,12H2,1-2H3/t16-/m0/s1. The molecule has 0 bridgehead atoms. The van der Waals surface area contributed by atoms with Crippen molar-refractivity contribution in [3.05, 3.63) is 57.6 Å². The number of rotatable bonds is 5. The van der Waals surface area contributed by atoms with E-state index in [9.17, 15) is 14.7 Å². The summed E-state index contributed by atoms with van der Waals surface area (Å²) in [6, 6.07) is 8.38. The molecule has 2 aromatic rings. The Kier molecular flexibility index (Phi) is 5.81. The van der Waals surface area contributed by atoms with E-state index in [1.807, 2.05) is 0 Å². The summed E-state index contributed by atoms with van der Waals surface area (Å²) in [6.07, 6.45) is 0.0757. The van der Waals surface area contributed by atoms with Crippen LogP contribution in [-0.4, -0.2) is 49.3 Å². The fraction of sp³-hybridized carbons (Fsp3) is 0.400. The molecule has 1 fully saturated rings. The number of hydrogen-bond donors (Lipinski definition) is 1. The Bertz CT molecular complexity index is 852. The number of amides is 1. The monoisotopic (exact) mass is 373 g/mol. The van der Waals surface area contributed by atoms with Gasteiger partial charge in [0, 0.05) is 25.6 Å². The maximum Gasteiger partial charge on any atom is 0.227 e. The number of hydrogen-bond acceptors (Lipinski definition) is 6. The Hall–Kier alpha value is -2.80. The first kappa shape index (κ1) is 19.0. The smallest absolute Gasteiger partial charge is 0.227 e. The van der Waals surface area contributed by atoms with E-state index in [1.54, 1.807) is 43.2 Å². The van der Waals surface area contributed by atoms with Crippen molar-refractivity contribution >= 4 is 5.91 Å². The van der Waals surface area contributed by atoms with E-state index in [2.05, 4.69) is 0 Å². The minimum atomic E-state index is -0.584. The van der Waals surface area contributed by atoms with Crippen molar-refractivity contribution in [1.82, 2.24) is 4.90 Å². The van der Waals surface area contributed by atoms with Crippen molar-refractivity contribution in [3.63, 3.8) is 0 Å². The van der Waals surface area contributed by atoms with Crippen molar-refractivity contribution in [3.8, 4) is 11.5 Å². The fourth-order valence-corrected chi connectivity index (χ4v) is 3.18. The second kappa shape index (κ2) is 8.26. The molecule has 0 spiro atoms. The van der Waals surface area contributed by atoms with E-state index >= 15 is 0 Å². The molecule has 7 nitrogen and oxygen atoms in total. The predicted octanol–water partition coefficient (Wildman–Crippen LogP) is 2.04. The van der Waals surface area contributed by atoms with E-state index in [1.165, 1.54) is 6.07 Å². The van der Waals surface area contributed by atoms with Gasteiger partial charge < -0.3 is 23.9 Å². The number of benzene rings is 1. The lowest BCUT2D eigenvalue weighted by molar-refractivity contribution is -0.135. The van der Waals surface area contributed by atoms with Gasteiger partial charge in [-0.05, 0) is 24.6 Å². The summed E-state index contributed by atoms with van der Waals surface area (Å²) in [5.41, 5.74) is 0.229. The highest BCUT2D eigenvalue weighted by Crippen LogP contribution is 2.34. The predicted molar refractivity (Wildman–Crippen MR) is 98.2 cm³/mol. The quantitative estimate of drug-likeness (QED) is 0.863. The van der Waals surface area contributed by atoms with Crippen molar-refractivity contribution in [2.45, 2.75) is 19.3 Å². The lowest BCUT2D eigenvalue weighted by Gasteiger charge is -2.28. The van der Waals surface area contributed by atoms with Crippen molar-refractivity contribution in [2.75, 3.05) is 33.4 Å². The van der Waals surface area contributed by atoms with Crippen LogP contribution in [0.25, 0.3) is 0 Å². The molecule has 7 heteroatoms. The van der Waals surface area contributed by atoms with Gasteiger partial charge in [0.05, 0.1) is 26.2 Å². The first-order valence-electron chi connectivity index (χ1n) is 8.82. The Morgan fingerprint density at radius 3 is 2.56 bits per heavy atom. The van der Waals surface area contributed by atoms with Gasteiger partial charge >= 0.3 is 0 Å². The summed E-state index contributed by atoms with van der Waals surface area (Å²) in [4.78, 5) is 26.6. The topological polar surface area (TPSA) is 89.2 Å². The molecule has 2 heterocycles. The third-order valence-electron chi connectivity index (χ3n) is 4.65. The van der Waals surface area contributed by atoms with Crippen LogP contribution in [0.5, 0.6) is 11.5 Å². The van der Waals surface area contributed by atoms with Crippen LogP contribution in [0.1, 0.15) is 29.4 Å². The minimum Gasteiger partial charge on any atom is -0.502 e. The molecular weight excluding hydrogens is 350 g/mol. The Labute approximate surface area is 157 Å². The van der Waals surface area contributed by atoms with Crippen molar-refractivity contribution < 1.29 is 23.8 Å². The normalized spacial score (nSPS) is 15.4. The van der Waals surface area contributed by atoms with Crippen LogP contribution in [-0.2, 0) is 9.53 Å². The number of nitrogens with zero attached hydrogens (tertiary/aromatic N) is 1. The van der Waals surface area contributed by atoms with E-state index in [4.69, 9.17) is 13.9 Å². The summed E-state index contributed by atoms with van der Waals surface area (Å²) in [5.74, 6) is 0.0292. The van der Waals surface area contributed by atoms with Crippen molar-refractivity contribution in [1.29, 1.82) is 0 Å². The minimum absolute atomic E-state index is 0.0757. The molecule has 1 amide bonds. The first-order valence-corrected chi connectivity index (χ1v) is 8.82. The maximum absolute atomic E-state index is 12.8. The van der Waals surface area contributed by atoms with Crippen LogP contribution in [0.15, 0.2) is 39.5 Å². The maximum atomic E-state index is 12.8. The van der Waals surface area contributed by atoms with Crippen LogP contribution in [0.4, 0.5) is 0 Å². The van der Waals surface area contributed by atoms with Gasteiger partial charge in [-0.3, -0.25) is 9.59 Å². The molecule has 27 heavy (non-hydrogen) atoms. The second-order valence-corrected chi connectivity index (χ2v) is 6.46. The molecule has 1 aromatic heterocycles. The summed E-state index contributed by atoms with van der Waals surface area (Å²) in [5, 5.41) is 10.3. The largest absolute Gasteiger partial charge is 0.502 e. The van der Waals surface area contributed by atoms with Gasteiger partial charge in [0.25, 0.3) is 0 Å². The molecule has 0 saturated carbocycles. The second-order valence-electron chi connectivity index (χ2n) is 6.46. The van der Waals surface area contributed by atoms with Gasteiger partial charge in [0.15, 0.2) is 5.76 Å². The first-order chi connectivity index (χ1) is 13.0. The summed E-state index contributed by atoms with van der Waals surface area (Å²) < 4.78 is 16.1. The number of carbonyl (C=O) groups excluding carboxylic acids is 1. The molecule has 1 saturated heterocycles. The van der Waals surface area contributed by atoms with E-state index in [0.717, 1.165) is 5.56 Å². The van der Waals surface area contributed by atoms with Gasteiger partial charge in [0.1, 0.15) is 11.5 Å². The van der Waals surface area contributed by atoms with Gasteiger partial charge in [-0.15, -0.1) is 0 Å². The van der Waals surface area contributed by atoms with Gasteiger partial charge in [-0.2, -0.15) is 0 Å². The number of methoxy groups -OCH3 is 1. The highest BCUT2D eigenvalue weighted by Gasteiger charge is 2.28. The molecule has 0 radical (unpaired) electrons. The number of aromatic hydroxyl groups is 1. The number of ether oxygens (including phenoxy) is 2. The Morgan fingerprint density at radius 1 is 1.26 bits per heavy atom. The molecule has 1 aromatic carbocycles. The van der Waals surface area contributed by atoms with E-state index in [-0.39, 0.29) is 18.1 Å².